The van der Waals surface area contributed by atoms with Gasteiger partial charge in [0.15, 0.2) is 0 Å². The maximum absolute atomic E-state index is 12.3. The first-order valence-corrected chi connectivity index (χ1v) is 7.97. The molecule has 2 unspecified atom stereocenters. The zero-order valence-electron chi connectivity index (χ0n) is 12.9. The summed E-state index contributed by atoms with van der Waals surface area (Å²) in [6, 6.07) is 6.33. The van der Waals surface area contributed by atoms with E-state index in [1.54, 1.807) is 18.2 Å². The molecule has 2 amide bonds. The number of nitrogens with two attached hydrogens (primary N) is 1. The minimum atomic E-state index is -0.481. The summed E-state index contributed by atoms with van der Waals surface area (Å²) in [5.74, 6) is -0.000159. The Morgan fingerprint density at radius 2 is 1.95 bits per heavy atom. The first kappa shape index (κ1) is 15.0. The number of primary amides is 1. The first-order valence-electron chi connectivity index (χ1n) is 7.97. The third kappa shape index (κ3) is 3.30. The molecule has 2 aliphatic rings. The van der Waals surface area contributed by atoms with E-state index >= 15 is 0 Å². The summed E-state index contributed by atoms with van der Waals surface area (Å²) in [7, 11) is 0. The SMILES string of the molecule is Cc1ccc(C(N)=O)cc1NC(=O)CC1CC2CCC(C1)N2. The molecule has 2 fully saturated rings. The van der Waals surface area contributed by atoms with Crippen LogP contribution in [-0.4, -0.2) is 23.9 Å². The van der Waals surface area contributed by atoms with Gasteiger partial charge in [-0.3, -0.25) is 9.59 Å². The average Bonchev–Trinajstić information content (AvgIpc) is 2.80. The number of fused-ring (bicyclic) bond motifs is 2. The molecule has 3 rings (SSSR count). The molecule has 0 aliphatic carbocycles. The van der Waals surface area contributed by atoms with Crippen molar-refractivity contribution in [1.29, 1.82) is 0 Å². The second-order valence-corrected chi connectivity index (χ2v) is 6.62. The quantitative estimate of drug-likeness (QED) is 0.794. The lowest BCUT2D eigenvalue weighted by molar-refractivity contribution is -0.117. The van der Waals surface area contributed by atoms with Crippen molar-refractivity contribution in [1.82, 2.24) is 5.32 Å². The van der Waals surface area contributed by atoms with Crippen LogP contribution in [0.1, 0.15) is 48.0 Å². The molecule has 2 atom stereocenters. The van der Waals surface area contributed by atoms with Gasteiger partial charge in [0.2, 0.25) is 11.8 Å². The number of aryl methyl sites for hydroxylation is 1. The summed E-state index contributed by atoms with van der Waals surface area (Å²) < 4.78 is 0. The minimum absolute atomic E-state index is 0.0241. The van der Waals surface area contributed by atoms with E-state index in [4.69, 9.17) is 5.73 Å². The van der Waals surface area contributed by atoms with E-state index in [0.717, 1.165) is 18.4 Å². The number of carbonyl (C=O) groups excluding carboxylic acids is 2. The van der Waals surface area contributed by atoms with Crippen LogP contribution in [0.25, 0.3) is 0 Å². The van der Waals surface area contributed by atoms with Crippen molar-refractivity contribution in [3.8, 4) is 0 Å². The molecule has 5 heteroatoms. The Kier molecular flexibility index (Phi) is 4.16. The van der Waals surface area contributed by atoms with E-state index in [1.807, 2.05) is 6.92 Å². The van der Waals surface area contributed by atoms with Crippen LogP contribution in [-0.2, 0) is 4.79 Å². The lowest BCUT2D eigenvalue weighted by Gasteiger charge is -2.28. The number of anilines is 1. The number of benzene rings is 1. The molecule has 4 N–H and O–H groups in total. The van der Waals surface area contributed by atoms with Gasteiger partial charge < -0.3 is 16.4 Å². The van der Waals surface area contributed by atoms with Crippen LogP contribution in [0, 0.1) is 12.8 Å². The summed E-state index contributed by atoms with van der Waals surface area (Å²) in [4.78, 5) is 23.5. The van der Waals surface area contributed by atoms with E-state index < -0.39 is 5.91 Å². The third-order valence-electron chi connectivity index (χ3n) is 4.84. The molecule has 2 heterocycles. The van der Waals surface area contributed by atoms with E-state index in [0.29, 0.717) is 35.7 Å². The van der Waals surface area contributed by atoms with Gasteiger partial charge in [-0.2, -0.15) is 0 Å². The molecule has 0 aromatic heterocycles. The molecule has 2 saturated heterocycles. The van der Waals surface area contributed by atoms with Crippen LogP contribution in [0.15, 0.2) is 18.2 Å². The van der Waals surface area contributed by atoms with Crippen molar-refractivity contribution in [2.45, 2.75) is 51.1 Å². The van der Waals surface area contributed by atoms with Crippen molar-refractivity contribution in [3.63, 3.8) is 0 Å². The predicted octanol–water partition coefficient (Wildman–Crippen LogP) is 1.95. The standard InChI is InChI=1S/C17H23N3O2/c1-10-2-3-12(17(18)22)9-15(10)20-16(21)8-11-6-13-4-5-14(7-11)19-13/h2-3,9,11,13-14,19H,4-8H2,1H3,(H2,18,22)(H,20,21). The molecular formula is C17H23N3O2. The maximum Gasteiger partial charge on any atom is 0.248 e. The fourth-order valence-electron chi connectivity index (χ4n) is 3.72. The fraction of sp³-hybridized carbons (Fsp3) is 0.529. The van der Waals surface area contributed by atoms with Gasteiger partial charge in [-0.05, 0) is 56.2 Å². The molecule has 0 spiro atoms. The van der Waals surface area contributed by atoms with Crippen LogP contribution >= 0.6 is 0 Å². The monoisotopic (exact) mass is 301 g/mol. The summed E-state index contributed by atoms with van der Waals surface area (Å²) in [6.07, 6.45) is 5.20. The summed E-state index contributed by atoms with van der Waals surface area (Å²) in [6.45, 7) is 1.91. The van der Waals surface area contributed by atoms with Crippen molar-refractivity contribution < 1.29 is 9.59 Å². The Morgan fingerprint density at radius 1 is 1.27 bits per heavy atom. The average molecular weight is 301 g/mol. The minimum Gasteiger partial charge on any atom is -0.366 e. The number of carbonyl (C=O) groups is 2. The van der Waals surface area contributed by atoms with Crippen LogP contribution < -0.4 is 16.4 Å². The maximum atomic E-state index is 12.3. The number of rotatable bonds is 4. The van der Waals surface area contributed by atoms with Crippen LogP contribution in [0.2, 0.25) is 0 Å². The van der Waals surface area contributed by atoms with Gasteiger partial charge in [-0.25, -0.2) is 0 Å². The molecule has 0 radical (unpaired) electrons. The van der Waals surface area contributed by atoms with Crippen LogP contribution in [0.5, 0.6) is 0 Å². The van der Waals surface area contributed by atoms with Gasteiger partial charge in [-0.1, -0.05) is 6.07 Å². The van der Waals surface area contributed by atoms with E-state index in [9.17, 15) is 9.59 Å². The highest BCUT2D eigenvalue weighted by molar-refractivity contribution is 5.97. The number of nitrogens with one attached hydrogen (secondary N) is 2. The number of piperidine rings is 1. The van der Waals surface area contributed by atoms with Crippen molar-refractivity contribution in [3.05, 3.63) is 29.3 Å². The summed E-state index contributed by atoms with van der Waals surface area (Å²) in [5, 5.41) is 6.52. The Hall–Kier alpha value is -1.88. The zero-order chi connectivity index (χ0) is 15.7. The topological polar surface area (TPSA) is 84.2 Å². The molecule has 0 saturated carbocycles. The third-order valence-corrected chi connectivity index (χ3v) is 4.84. The highest BCUT2D eigenvalue weighted by atomic mass is 16.2. The van der Waals surface area contributed by atoms with Crippen molar-refractivity contribution in [2.75, 3.05) is 5.32 Å². The van der Waals surface area contributed by atoms with Crippen molar-refractivity contribution in [2.24, 2.45) is 11.7 Å². The highest BCUT2D eigenvalue weighted by Gasteiger charge is 2.34. The van der Waals surface area contributed by atoms with Crippen molar-refractivity contribution >= 4 is 17.5 Å². The zero-order valence-corrected chi connectivity index (χ0v) is 12.9. The fourth-order valence-corrected chi connectivity index (χ4v) is 3.72. The lowest BCUT2D eigenvalue weighted by atomic mass is 9.89. The number of hydrogen-bond donors (Lipinski definition) is 3. The number of amides is 2. The molecular weight excluding hydrogens is 278 g/mol. The molecule has 5 nitrogen and oxygen atoms in total. The number of hydrogen-bond acceptors (Lipinski definition) is 3. The Morgan fingerprint density at radius 3 is 2.59 bits per heavy atom. The van der Waals surface area contributed by atoms with Crippen LogP contribution in [0.4, 0.5) is 5.69 Å². The van der Waals surface area contributed by atoms with Gasteiger partial charge >= 0.3 is 0 Å². The van der Waals surface area contributed by atoms with Crippen LogP contribution in [0.3, 0.4) is 0 Å². The summed E-state index contributed by atoms with van der Waals surface area (Å²) in [5.41, 5.74) is 7.32. The molecule has 2 bridgehead atoms. The molecule has 2 aliphatic heterocycles. The van der Waals surface area contributed by atoms with Gasteiger partial charge in [0.25, 0.3) is 0 Å². The smallest absolute Gasteiger partial charge is 0.248 e. The molecule has 1 aromatic rings. The van der Waals surface area contributed by atoms with Gasteiger partial charge in [0.05, 0.1) is 0 Å². The second-order valence-electron chi connectivity index (χ2n) is 6.62. The van der Waals surface area contributed by atoms with E-state index in [1.165, 1.54) is 12.8 Å². The summed E-state index contributed by atoms with van der Waals surface area (Å²) >= 11 is 0. The largest absolute Gasteiger partial charge is 0.366 e. The molecule has 22 heavy (non-hydrogen) atoms. The van der Waals surface area contributed by atoms with Gasteiger partial charge in [-0.15, -0.1) is 0 Å². The van der Waals surface area contributed by atoms with E-state index in [-0.39, 0.29) is 5.91 Å². The Balaban J connectivity index is 1.62. The molecule has 118 valence electrons. The van der Waals surface area contributed by atoms with Gasteiger partial charge in [0.1, 0.15) is 0 Å². The molecule has 1 aromatic carbocycles. The lowest BCUT2D eigenvalue weighted by Crippen LogP contribution is -2.39. The highest BCUT2D eigenvalue weighted by Crippen LogP contribution is 2.32. The predicted molar refractivity (Wildman–Crippen MR) is 85.6 cm³/mol. The van der Waals surface area contributed by atoms with E-state index in [2.05, 4.69) is 10.6 Å². The first-order chi connectivity index (χ1) is 10.5. The second kappa shape index (κ2) is 6.08. The van der Waals surface area contributed by atoms with Gasteiger partial charge in [0, 0.05) is 29.8 Å². The Bertz CT molecular complexity index is 588. The Labute approximate surface area is 130 Å². The normalized spacial score (nSPS) is 26.7.